The SMILES string of the molecule is CCCCCCCCCOC(=O)CCCCCCCN(CCCCCCCC(O)OC(CCCCCCCC)CCCCCCCC)Cc1ccccc1. The zero-order chi connectivity index (χ0) is 39.0. The lowest BCUT2D eigenvalue weighted by Crippen LogP contribution is -2.25. The Kier molecular flexibility index (Phi) is 37.3. The fourth-order valence-corrected chi connectivity index (χ4v) is 7.62. The van der Waals surface area contributed by atoms with Crippen LogP contribution in [0.3, 0.4) is 0 Å². The minimum Gasteiger partial charge on any atom is -0.466 e. The number of aliphatic hydroxyl groups excluding tert-OH is 1. The van der Waals surface area contributed by atoms with Gasteiger partial charge in [0.1, 0.15) is 0 Å². The lowest BCUT2D eigenvalue weighted by atomic mass is 10.0. The zero-order valence-corrected chi connectivity index (χ0v) is 36.3. The van der Waals surface area contributed by atoms with Crippen molar-refractivity contribution < 1.29 is 19.4 Å². The Hall–Kier alpha value is -1.43. The van der Waals surface area contributed by atoms with E-state index in [9.17, 15) is 9.90 Å². The van der Waals surface area contributed by atoms with Crippen molar-refractivity contribution in [2.75, 3.05) is 19.7 Å². The first-order valence-corrected chi connectivity index (χ1v) is 23.8. The molecule has 1 rings (SSSR count). The van der Waals surface area contributed by atoms with Gasteiger partial charge >= 0.3 is 5.97 Å². The van der Waals surface area contributed by atoms with E-state index in [-0.39, 0.29) is 12.1 Å². The lowest BCUT2D eigenvalue weighted by Gasteiger charge is -2.23. The van der Waals surface area contributed by atoms with E-state index in [1.807, 2.05) is 0 Å². The summed E-state index contributed by atoms with van der Waals surface area (Å²) < 4.78 is 11.7. The van der Waals surface area contributed by atoms with Crippen molar-refractivity contribution in [1.29, 1.82) is 0 Å². The third-order valence-corrected chi connectivity index (χ3v) is 11.1. The van der Waals surface area contributed by atoms with Crippen LogP contribution in [-0.2, 0) is 20.8 Å². The van der Waals surface area contributed by atoms with Crippen LogP contribution in [0, 0.1) is 0 Å². The average Bonchev–Trinajstić information content (AvgIpc) is 3.17. The van der Waals surface area contributed by atoms with Crippen molar-refractivity contribution in [3.8, 4) is 0 Å². The Morgan fingerprint density at radius 2 is 0.963 bits per heavy atom. The minimum atomic E-state index is -0.606. The predicted molar refractivity (Wildman–Crippen MR) is 233 cm³/mol. The van der Waals surface area contributed by atoms with Gasteiger partial charge in [0.05, 0.1) is 12.7 Å². The number of benzene rings is 1. The molecule has 0 heterocycles. The van der Waals surface area contributed by atoms with E-state index in [4.69, 9.17) is 9.47 Å². The van der Waals surface area contributed by atoms with Crippen molar-refractivity contribution in [3.05, 3.63) is 35.9 Å². The fraction of sp³-hybridized carbons (Fsp3) is 0.857. The van der Waals surface area contributed by atoms with Gasteiger partial charge in [-0.25, -0.2) is 0 Å². The second-order valence-electron chi connectivity index (χ2n) is 16.5. The molecular formula is C49H91NO4. The maximum absolute atomic E-state index is 12.1. The summed E-state index contributed by atoms with van der Waals surface area (Å²) in [5.74, 6) is -0.00854. The van der Waals surface area contributed by atoms with Crippen molar-refractivity contribution in [3.63, 3.8) is 0 Å². The van der Waals surface area contributed by atoms with Crippen LogP contribution in [0.1, 0.15) is 238 Å². The van der Waals surface area contributed by atoms with E-state index in [1.165, 1.54) is 166 Å². The van der Waals surface area contributed by atoms with Crippen molar-refractivity contribution in [2.24, 2.45) is 0 Å². The minimum absolute atomic E-state index is 0.00854. The van der Waals surface area contributed by atoms with Gasteiger partial charge in [0.25, 0.3) is 0 Å². The molecule has 1 aromatic rings. The predicted octanol–water partition coefficient (Wildman–Crippen LogP) is 14.7. The molecule has 0 aliphatic carbocycles. The summed E-state index contributed by atoms with van der Waals surface area (Å²) in [6.45, 7) is 10.7. The number of rotatable bonds is 42. The van der Waals surface area contributed by atoms with Gasteiger partial charge in [0, 0.05) is 13.0 Å². The van der Waals surface area contributed by atoms with Crippen molar-refractivity contribution >= 4 is 5.97 Å². The smallest absolute Gasteiger partial charge is 0.305 e. The Morgan fingerprint density at radius 3 is 1.48 bits per heavy atom. The van der Waals surface area contributed by atoms with Gasteiger partial charge in [-0.2, -0.15) is 0 Å². The molecule has 1 aromatic carbocycles. The second-order valence-corrected chi connectivity index (χ2v) is 16.5. The lowest BCUT2D eigenvalue weighted by molar-refractivity contribution is -0.144. The fourth-order valence-electron chi connectivity index (χ4n) is 7.62. The zero-order valence-electron chi connectivity index (χ0n) is 36.3. The summed E-state index contributed by atoms with van der Waals surface area (Å²) in [7, 11) is 0. The first-order valence-electron chi connectivity index (χ1n) is 23.8. The number of carbonyl (C=O) groups is 1. The molecule has 5 nitrogen and oxygen atoms in total. The van der Waals surface area contributed by atoms with Crippen LogP contribution in [0.2, 0.25) is 0 Å². The summed E-state index contributed by atoms with van der Waals surface area (Å²) in [5, 5.41) is 10.8. The molecule has 0 spiro atoms. The molecule has 0 amide bonds. The van der Waals surface area contributed by atoms with Gasteiger partial charge in [0.2, 0.25) is 0 Å². The molecule has 0 saturated carbocycles. The van der Waals surface area contributed by atoms with Crippen LogP contribution in [0.5, 0.6) is 0 Å². The van der Waals surface area contributed by atoms with Crippen LogP contribution in [0.4, 0.5) is 0 Å². The molecule has 1 atom stereocenters. The Bertz CT molecular complexity index is 879. The number of nitrogens with zero attached hydrogens (tertiary/aromatic N) is 1. The number of carbonyl (C=O) groups excluding carboxylic acids is 1. The third kappa shape index (κ3) is 33.9. The Morgan fingerprint density at radius 1 is 0.537 bits per heavy atom. The number of esters is 1. The van der Waals surface area contributed by atoms with E-state index in [0.29, 0.717) is 13.0 Å². The molecule has 0 bridgehead atoms. The van der Waals surface area contributed by atoms with E-state index in [2.05, 4.69) is 56.0 Å². The highest BCUT2D eigenvalue weighted by Crippen LogP contribution is 2.20. The second kappa shape index (κ2) is 39.8. The molecule has 0 aliphatic heterocycles. The van der Waals surface area contributed by atoms with Crippen LogP contribution >= 0.6 is 0 Å². The quantitative estimate of drug-likeness (QED) is 0.0409. The standard InChI is InChI=1S/C49H91NO4/c1-4-7-10-13-16-25-35-44-53-48(51)40-31-21-17-23-33-42-50(45-46-36-27-26-28-37-46)43-34-24-18-22-32-41-49(52)54-47(38-29-19-14-11-8-5-2)39-30-20-15-12-9-6-3/h26-28,36-37,47,49,52H,4-25,29-35,38-45H2,1-3H3. The first kappa shape index (κ1) is 50.6. The molecule has 1 N–H and O–H groups in total. The molecule has 0 aromatic heterocycles. The van der Waals surface area contributed by atoms with E-state index in [1.54, 1.807) is 0 Å². The molecule has 54 heavy (non-hydrogen) atoms. The molecular weight excluding hydrogens is 667 g/mol. The molecule has 316 valence electrons. The number of ether oxygens (including phenoxy) is 2. The number of hydrogen-bond acceptors (Lipinski definition) is 5. The monoisotopic (exact) mass is 758 g/mol. The van der Waals surface area contributed by atoms with Crippen LogP contribution in [-0.4, -0.2) is 48.1 Å². The highest BCUT2D eigenvalue weighted by molar-refractivity contribution is 5.69. The van der Waals surface area contributed by atoms with Crippen LogP contribution in [0.15, 0.2) is 30.3 Å². The molecule has 0 aliphatic rings. The largest absolute Gasteiger partial charge is 0.466 e. The van der Waals surface area contributed by atoms with E-state index < -0.39 is 6.29 Å². The summed E-state index contributed by atoms with van der Waals surface area (Å²) in [5.41, 5.74) is 1.40. The maximum atomic E-state index is 12.1. The molecule has 5 heteroatoms. The highest BCUT2D eigenvalue weighted by Gasteiger charge is 2.15. The summed E-state index contributed by atoms with van der Waals surface area (Å²) in [6.07, 6.45) is 39.3. The number of aliphatic hydroxyl groups is 1. The van der Waals surface area contributed by atoms with Crippen LogP contribution < -0.4 is 0 Å². The van der Waals surface area contributed by atoms with Crippen LogP contribution in [0.25, 0.3) is 0 Å². The summed E-state index contributed by atoms with van der Waals surface area (Å²) in [6, 6.07) is 10.9. The Labute approximate surface area is 336 Å². The van der Waals surface area contributed by atoms with Gasteiger partial charge in [-0.3, -0.25) is 9.69 Å². The maximum Gasteiger partial charge on any atom is 0.305 e. The van der Waals surface area contributed by atoms with Gasteiger partial charge in [-0.1, -0.05) is 205 Å². The number of hydrogen-bond donors (Lipinski definition) is 1. The normalized spacial score (nSPS) is 12.3. The van der Waals surface area contributed by atoms with Crippen molar-refractivity contribution in [1.82, 2.24) is 4.90 Å². The topological polar surface area (TPSA) is 59.0 Å². The number of unbranched alkanes of at least 4 members (excludes halogenated alkanes) is 24. The van der Waals surface area contributed by atoms with Gasteiger partial charge in [-0.15, -0.1) is 0 Å². The summed E-state index contributed by atoms with van der Waals surface area (Å²) >= 11 is 0. The third-order valence-electron chi connectivity index (χ3n) is 11.1. The van der Waals surface area contributed by atoms with Gasteiger partial charge in [-0.05, 0) is 70.0 Å². The molecule has 1 unspecified atom stereocenters. The molecule has 0 fully saturated rings. The van der Waals surface area contributed by atoms with Crippen molar-refractivity contribution in [2.45, 2.75) is 252 Å². The summed E-state index contributed by atoms with van der Waals surface area (Å²) in [4.78, 5) is 14.7. The molecule has 0 radical (unpaired) electrons. The van der Waals surface area contributed by atoms with Gasteiger partial charge < -0.3 is 14.6 Å². The van der Waals surface area contributed by atoms with E-state index in [0.717, 1.165) is 64.6 Å². The first-order chi connectivity index (χ1) is 26.6. The van der Waals surface area contributed by atoms with E-state index >= 15 is 0 Å². The molecule has 0 saturated heterocycles. The highest BCUT2D eigenvalue weighted by atomic mass is 16.6. The Balaban J connectivity index is 2.24. The average molecular weight is 758 g/mol. The van der Waals surface area contributed by atoms with Gasteiger partial charge in [0.15, 0.2) is 6.29 Å².